The van der Waals surface area contributed by atoms with Crippen molar-refractivity contribution in [1.29, 1.82) is 0 Å². The smallest absolute Gasteiger partial charge is 0.321 e. The van der Waals surface area contributed by atoms with Gasteiger partial charge in [-0.2, -0.15) is 0 Å². The molecule has 7 heteroatoms. The average Bonchev–Trinajstić information content (AvgIpc) is 3.01. The van der Waals surface area contributed by atoms with Crippen LogP contribution in [0.5, 0.6) is 0 Å². The molecule has 3 N–H and O–H groups in total. The van der Waals surface area contributed by atoms with E-state index in [1.807, 2.05) is 0 Å². The van der Waals surface area contributed by atoms with Crippen LogP contribution in [0.25, 0.3) is 0 Å². The number of ether oxygens (including phenoxy) is 1. The fraction of sp³-hybridized carbons (Fsp3) is 0.500. The Bertz CT molecular complexity index is 573. The highest BCUT2D eigenvalue weighted by molar-refractivity contribution is 6.31. The Hall–Kier alpha value is -1.63. The van der Waals surface area contributed by atoms with Crippen LogP contribution < -0.4 is 10.6 Å². The molecule has 0 unspecified atom stereocenters. The topological polar surface area (TPSA) is 87.7 Å². The zero-order chi connectivity index (χ0) is 16.8. The van der Waals surface area contributed by atoms with E-state index in [4.69, 9.17) is 16.3 Å². The third kappa shape index (κ3) is 5.20. The molecule has 1 saturated heterocycles. The van der Waals surface area contributed by atoms with Gasteiger partial charge in [0.05, 0.1) is 12.5 Å². The second-order valence-corrected chi connectivity index (χ2v) is 6.01. The molecule has 1 fully saturated rings. The third-order valence-corrected chi connectivity index (χ3v) is 4.25. The highest BCUT2D eigenvalue weighted by Gasteiger charge is 2.24. The average molecular weight is 341 g/mol. The molecule has 6 nitrogen and oxygen atoms in total. The number of nitrogens with one attached hydrogen (secondary N) is 2. The number of carboxylic acid groups (broad SMARTS) is 1. The Kier molecular flexibility index (Phi) is 6.38. The van der Waals surface area contributed by atoms with Crippen LogP contribution in [0.1, 0.15) is 24.8 Å². The van der Waals surface area contributed by atoms with Crippen molar-refractivity contribution >= 4 is 29.2 Å². The minimum Gasteiger partial charge on any atom is -0.480 e. The minimum absolute atomic E-state index is 0.0232. The van der Waals surface area contributed by atoms with Crippen molar-refractivity contribution in [3.8, 4) is 0 Å². The zero-order valence-electron chi connectivity index (χ0n) is 13.0. The van der Waals surface area contributed by atoms with Gasteiger partial charge in [-0.3, -0.25) is 9.59 Å². The maximum Gasteiger partial charge on any atom is 0.321 e. The molecule has 1 heterocycles. The highest BCUT2D eigenvalue weighted by Crippen LogP contribution is 2.23. The molecule has 0 saturated carbocycles. The normalized spacial score (nSPS) is 18.6. The number of amides is 1. The summed E-state index contributed by atoms with van der Waals surface area (Å²) in [5, 5.41) is 15.4. The summed E-state index contributed by atoms with van der Waals surface area (Å²) in [5.74, 6) is -1.43. The van der Waals surface area contributed by atoms with E-state index < -0.39 is 12.0 Å². The van der Waals surface area contributed by atoms with Gasteiger partial charge in [-0.15, -0.1) is 0 Å². The van der Waals surface area contributed by atoms with Crippen molar-refractivity contribution in [3.05, 3.63) is 28.8 Å². The van der Waals surface area contributed by atoms with Gasteiger partial charge in [0.2, 0.25) is 5.91 Å². The molecule has 1 aromatic carbocycles. The largest absolute Gasteiger partial charge is 0.480 e. The molecule has 1 aromatic rings. The lowest BCUT2D eigenvalue weighted by atomic mass is 10.1. The lowest BCUT2D eigenvalue weighted by Gasteiger charge is -2.17. The van der Waals surface area contributed by atoms with Crippen molar-refractivity contribution in [3.63, 3.8) is 0 Å². The second kappa shape index (κ2) is 8.29. The number of hydrogen-bond acceptors (Lipinski definition) is 4. The first-order chi connectivity index (χ1) is 11.0. The lowest BCUT2D eigenvalue weighted by molar-refractivity contribution is -0.141. The van der Waals surface area contributed by atoms with Crippen LogP contribution in [0, 0.1) is 6.92 Å². The first kappa shape index (κ1) is 17.7. The van der Waals surface area contributed by atoms with E-state index >= 15 is 0 Å². The fourth-order valence-corrected chi connectivity index (χ4v) is 2.63. The van der Waals surface area contributed by atoms with Gasteiger partial charge in [0.15, 0.2) is 0 Å². The van der Waals surface area contributed by atoms with Crippen LogP contribution in [-0.4, -0.2) is 42.3 Å². The number of carbonyl (C=O) groups excluding carboxylic acids is 1. The number of benzene rings is 1. The molecule has 0 spiro atoms. The molecule has 0 aliphatic carbocycles. The molecular formula is C16H21ClN2O4. The van der Waals surface area contributed by atoms with E-state index in [0.717, 1.165) is 18.4 Å². The Morgan fingerprint density at radius 1 is 1.48 bits per heavy atom. The van der Waals surface area contributed by atoms with Crippen LogP contribution in [0.4, 0.5) is 5.69 Å². The number of hydrogen-bond donors (Lipinski definition) is 3. The Morgan fingerprint density at radius 3 is 2.91 bits per heavy atom. The van der Waals surface area contributed by atoms with Gasteiger partial charge in [-0.05, 0) is 37.5 Å². The van der Waals surface area contributed by atoms with Crippen LogP contribution in [0.3, 0.4) is 0 Å². The van der Waals surface area contributed by atoms with Crippen molar-refractivity contribution in [2.24, 2.45) is 0 Å². The van der Waals surface area contributed by atoms with Gasteiger partial charge in [-0.1, -0.05) is 17.7 Å². The number of carboxylic acids is 1. The summed E-state index contributed by atoms with van der Waals surface area (Å²) in [6, 6.07) is 4.25. The van der Waals surface area contributed by atoms with Gasteiger partial charge in [0.25, 0.3) is 0 Å². The van der Waals surface area contributed by atoms with E-state index in [-0.39, 0.29) is 18.4 Å². The summed E-state index contributed by atoms with van der Waals surface area (Å²) in [5.41, 5.74) is 1.34. The van der Waals surface area contributed by atoms with Gasteiger partial charge >= 0.3 is 5.97 Å². The van der Waals surface area contributed by atoms with Gasteiger partial charge < -0.3 is 20.5 Å². The molecule has 0 bridgehead atoms. The first-order valence-electron chi connectivity index (χ1n) is 7.60. The van der Waals surface area contributed by atoms with Crippen molar-refractivity contribution < 1.29 is 19.4 Å². The molecule has 0 radical (unpaired) electrons. The third-order valence-electron chi connectivity index (χ3n) is 3.85. The molecule has 2 atom stereocenters. The quantitative estimate of drug-likeness (QED) is 0.708. The maximum atomic E-state index is 12.1. The summed E-state index contributed by atoms with van der Waals surface area (Å²) >= 11 is 6.00. The Labute approximate surface area is 140 Å². The van der Waals surface area contributed by atoms with Gasteiger partial charge in [0, 0.05) is 23.9 Å². The van der Waals surface area contributed by atoms with E-state index in [1.54, 1.807) is 25.1 Å². The Balaban J connectivity index is 1.89. The fourth-order valence-electron chi connectivity index (χ4n) is 2.46. The number of aliphatic carboxylic acids is 1. The predicted molar refractivity (Wildman–Crippen MR) is 87.8 cm³/mol. The zero-order valence-corrected chi connectivity index (χ0v) is 13.7. The number of rotatable bonds is 7. The molecule has 2 rings (SSSR count). The molecular weight excluding hydrogens is 320 g/mol. The van der Waals surface area contributed by atoms with Crippen molar-refractivity contribution in [2.45, 2.75) is 38.3 Å². The second-order valence-electron chi connectivity index (χ2n) is 5.60. The standard InChI is InChI=1S/C16H21ClN2O4/c1-10-12(17)5-2-6-13(10)19-15(20)8-14(16(21)22)18-9-11-4-3-7-23-11/h2,5-6,11,14,18H,3-4,7-9H2,1H3,(H,19,20)(H,21,22)/t11-,14+/m1/s1. The van der Waals surface area contributed by atoms with Crippen molar-refractivity contribution in [2.75, 3.05) is 18.5 Å². The van der Waals surface area contributed by atoms with Crippen molar-refractivity contribution in [1.82, 2.24) is 5.32 Å². The van der Waals surface area contributed by atoms with Gasteiger partial charge in [0.1, 0.15) is 6.04 Å². The molecule has 0 aromatic heterocycles. The van der Waals surface area contributed by atoms with E-state index in [0.29, 0.717) is 23.9 Å². The number of halogens is 1. The minimum atomic E-state index is -1.05. The van der Waals surface area contributed by atoms with Crippen LogP contribution in [-0.2, 0) is 14.3 Å². The molecule has 1 amide bonds. The molecule has 126 valence electrons. The number of carbonyl (C=O) groups is 2. The summed E-state index contributed by atoms with van der Waals surface area (Å²) in [6.45, 7) is 2.93. The molecule has 1 aliphatic heterocycles. The molecule has 1 aliphatic rings. The summed E-state index contributed by atoms with van der Waals surface area (Å²) in [6.07, 6.45) is 1.76. The van der Waals surface area contributed by atoms with Gasteiger partial charge in [-0.25, -0.2) is 0 Å². The highest BCUT2D eigenvalue weighted by atomic mass is 35.5. The summed E-state index contributed by atoms with van der Waals surface area (Å²) in [4.78, 5) is 23.4. The SMILES string of the molecule is Cc1c(Cl)cccc1NC(=O)C[C@H](NC[C@H]1CCCO1)C(=O)O. The van der Waals surface area contributed by atoms with Crippen LogP contribution >= 0.6 is 11.6 Å². The maximum absolute atomic E-state index is 12.1. The van der Waals surface area contributed by atoms with Crippen LogP contribution in [0.2, 0.25) is 5.02 Å². The summed E-state index contributed by atoms with van der Waals surface area (Å²) < 4.78 is 5.44. The number of anilines is 1. The summed E-state index contributed by atoms with van der Waals surface area (Å²) in [7, 11) is 0. The predicted octanol–water partition coefficient (Wildman–Crippen LogP) is 2.20. The Morgan fingerprint density at radius 2 is 2.26 bits per heavy atom. The first-order valence-corrected chi connectivity index (χ1v) is 7.98. The van der Waals surface area contributed by atoms with Crippen LogP contribution in [0.15, 0.2) is 18.2 Å². The van der Waals surface area contributed by atoms with E-state index in [1.165, 1.54) is 0 Å². The molecule has 23 heavy (non-hydrogen) atoms. The van der Waals surface area contributed by atoms with E-state index in [9.17, 15) is 14.7 Å². The van der Waals surface area contributed by atoms with E-state index in [2.05, 4.69) is 10.6 Å². The lowest BCUT2D eigenvalue weighted by Crippen LogP contribution is -2.43. The monoisotopic (exact) mass is 340 g/mol.